The third-order valence-corrected chi connectivity index (χ3v) is 6.91. The monoisotopic (exact) mass is 452 g/mol. The van der Waals surface area contributed by atoms with Crippen LogP contribution in [-0.4, -0.2) is 32.3 Å². The number of nitrogens with one attached hydrogen (secondary N) is 1. The van der Waals surface area contributed by atoms with Gasteiger partial charge in [0.15, 0.2) is 0 Å². The van der Waals surface area contributed by atoms with Crippen molar-refractivity contribution in [3.8, 4) is 5.75 Å². The van der Waals surface area contributed by atoms with Gasteiger partial charge in [0.1, 0.15) is 5.75 Å². The lowest BCUT2D eigenvalue weighted by atomic mass is 10.1. The van der Waals surface area contributed by atoms with Gasteiger partial charge in [0.05, 0.1) is 11.5 Å². The molecule has 0 aliphatic carbocycles. The average Bonchev–Trinajstić information content (AvgIpc) is 2.77. The highest BCUT2D eigenvalue weighted by Crippen LogP contribution is 2.25. The van der Waals surface area contributed by atoms with Crippen molar-refractivity contribution in [2.75, 3.05) is 19.0 Å². The summed E-state index contributed by atoms with van der Waals surface area (Å²) >= 11 is 0. The van der Waals surface area contributed by atoms with E-state index in [-0.39, 0.29) is 17.3 Å². The Morgan fingerprint density at radius 2 is 1.72 bits per heavy atom. The van der Waals surface area contributed by atoms with Crippen LogP contribution in [0.1, 0.15) is 34.0 Å². The Hall–Kier alpha value is -3.16. The first kappa shape index (κ1) is 23.5. The van der Waals surface area contributed by atoms with Gasteiger partial charge in [-0.25, -0.2) is 8.42 Å². The Balaban J connectivity index is 1.88. The maximum absolute atomic E-state index is 12.9. The summed E-state index contributed by atoms with van der Waals surface area (Å²) in [6.45, 7) is 6.29. The molecule has 0 fully saturated rings. The molecule has 3 aromatic carbocycles. The zero-order valence-corrected chi connectivity index (χ0v) is 19.6. The number of hydrogen-bond donors (Lipinski definition) is 1. The van der Waals surface area contributed by atoms with Gasteiger partial charge < -0.3 is 10.1 Å². The van der Waals surface area contributed by atoms with E-state index in [1.807, 2.05) is 39.0 Å². The van der Waals surface area contributed by atoms with Crippen molar-refractivity contribution in [3.63, 3.8) is 0 Å². The van der Waals surface area contributed by atoms with Crippen LogP contribution >= 0.6 is 0 Å². The normalized spacial score (nSPS) is 11.4. The smallest absolute Gasteiger partial charge is 0.255 e. The molecule has 3 aromatic rings. The summed E-state index contributed by atoms with van der Waals surface area (Å²) in [7, 11) is -2.17. The van der Waals surface area contributed by atoms with Crippen molar-refractivity contribution in [1.82, 2.24) is 4.31 Å². The molecule has 7 heteroatoms. The second-order valence-electron chi connectivity index (χ2n) is 7.60. The van der Waals surface area contributed by atoms with Gasteiger partial charge in [-0.1, -0.05) is 35.9 Å². The summed E-state index contributed by atoms with van der Waals surface area (Å²) < 4.78 is 32.8. The lowest BCUT2D eigenvalue weighted by Gasteiger charge is -2.20. The minimum atomic E-state index is -3.68. The van der Waals surface area contributed by atoms with Crippen LogP contribution in [0.4, 0.5) is 5.69 Å². The van der Waals surface area contributed by atoms with Crippen molar-refractivity contribution >= 4 is 21.6 Å². The predicted molar refractivity (Wildman–Crippen MR) is 127 cm³/mol. The highest BCUT2D eigenvalue weighted by Gasteiger charge is 2.22. The van der Waals surface area contributed by atoms with Gasteiger partial charge in [-0.2, -0.15) is 4.31 Å². The fourth-order valence-electron chi connectivity index (χ4n) is 3.39. The molecule has 6 nitrogen and oxygen atoms in total. The quantitative estimate of drug-likeness (QED) is 0.534. The molecule has 0 saturated carbocycles. The Kier molecular flexibility index (Phi) is 7.33. The summed E-state index contributed by atoms with van der Waals surface area (Å²) in [6.07, 6.45) is 0. The van der Waals surface area contributed by atoms with Crippen molar-refractivity contribution in [2.45, 2.75) is 32.2 Å². The van der Waals surface area contributed by atoms with E-state index in [0.29, 0.717) is 23.5 Å². The highest BCUT2D eigenvalue weighted by molar-refractivity contribution is 7.89. The number of carbonyl (C=O) groups is 1. The number of rotatable bonds is 8. The molecule has 0 atom stereocenters. The largest absolute Gasteiger partial charge is 0.494 e. The molecule has 3 rings (SSSR count). The lowest BCUT2D eigenvalue weighted by molar-refractivity contribution is 0.102. The Labute approximate surface area is 189 Å². The van der Waals surface area contributed by atoms with E-state index in [1.54, 1.807) is 48.5 Å². The van der Waals surface area contributed by atoms with Gasteiger partial charge in [-0.05, 0) is 62.7 Å². The number of hydrogen-bond acceptors (Lipinski definition) is 4. The summed E-state index contributed by atoms with van der Waals surface area (Å²) in [5.41, 5.74) is 3.86. The number of aryl methyl sites for hydroxylation is 2. The summed E-state index contributed by atoms with van der Waals surface area (Å²) in [4.78, 5) is 13.1. The first-order chi connectivity index (χ1) is 15.2. The number of ether oxygens (including phenoxy) is 1. The molecule has 0 bridgehead atoms. The molecule has 32 heavy (non-hydrogen) atoms. The fourth-order valence-corrected chi connectivity index (χ4v) is 4.56. The first-order valence-electron chi connectivity index (χ1n) is 10.4. The second-order valence-corrected chi connectivity index (χ2v) is 9.65. The van der Waals surface area contributed by atoms with Crippen LogP contribution in [0.15, 0.2) is 71.6 Å². The van der Waals surface area contributed by atoms with E-state index in [0.717, 1.165) is 16.8 Å². The van der Waals surface area contributed by atoms with Gasteiger partial charge in [0.25, 0.3) is 5.91 Å². The molecule has 0 saturated heterocycles. The molecule has 1 N–H and O–H groups in total. The van der Waals surface area contributed by atoms with E-state index >= 15 is 0 Å². The maximum Gasteiger partial charge on any atom is 0.255 e. The molecule has 168 valence electrons. The highest BCUT2D eigenvalue weighted by atomic mass is 32.2. The van der Waals surface area contributed by atoms with Crippen LogP contribution in [0, 0.1) is 13.8 Å². The van der Waals surface area contributed by atoms with E-state index < -0.39 is 10.0 Å². The third kappa shape index (κ3) is 5.36. The van der Waals surface area contributed by atoms with Crippen LogP contribution in [0.2, 0.25) is 0 Å². The number of nitrogens with zero attached hydrogens (tertiary/aromatic N) is 1. The Morgan fingerprint density at radius 3 is 2.38 bits per heavy atom. The summed E-state index contributed by atoms with van der Waals surface area (Å²) in [5, 5.41) is 2.93. The van der Waals surface area contributed by atoms with Crippen LogP contribution < -0.4 is 10.1 Å². The molecule has 0 heterocycles. The van der Waals surface area contributed by atoms with Crippen LogP contribution in [-0.2, 0) is 16.6 Å². The third-order valence-electron chi connectivity index (χ3n) is 5.10. The van der Waals surface area contributed by atoms with Crippen LogP contribution in [0.5, 0.6) is 5.75 Å². The van der Waals surface area contributed by atoms with Crippen molar-refractivity contribution in [2.24, 2.45) is 0 Å². The maximum atomic E-state index is 12.9. The number of anilines is 1. The average molecular weight is 453 g/mol. The summed E-state index contributed by atoms with van der Waals surface area (Å²) in [5.74, 6) is 0.278. The molecule has 0 radical (unpaired) electrons. The number of amides is 1. The molecular weight excluding hydrogens is 424 g/mol. The zero-order chi connectivity index (χ0) is 23.3. The number of sulfonamides is 1. The number of benzene rings is 3. The van der Waals surface area contributed by atoms with Crippen molar-refractivity contribution in [1.29, 1.82) is 0 Å². The van der Waals surface area contributed by atoms with Crippen LogP contribution in [0.25, 0.3) is 0 Å². The molecule has 0 aromatic heterocycles. The predicted octanol–water partition coefficient (Wildman–Crippen LogP) is 4.78. The van der Waals surface area contributed by atoms with Gasteiger partial charge >= 0.3 is 0 Å². The van der Waals surface area contributed by atoms with E-state index in [1.165, 1.54) is 11.4 Å². The molecular formula is C25H28N2O4S. The van der Waals surface area contributed by atoms with E-state index in [4.69, 9.17) is 4.74 Å². The van der Waals surface area contributed by atoms with Crippen molar-refractivity contribution < 1.29 is 17.9 Å². The molecule has 1 amide bonds. The molecule has 0 aliphatic heterocycles. The fraction of sp³-hybridized carbons (Fsp3) is 0.240. The van der Waals surface area contributed by atoms with Gasteiger partial charge in [-0.15, -0.1) is 0 Å². The molecule has 0 aliphatic rings. The Morgan fingerprint density at radius 1 is 1.00 bits per heavy atom. The van der Waals surface area contributed by atoms with E-state index in [2.05, 4.69) is 5.32 Å². The number of carbonyl (C=O) groups excluding carboxylic acids is 1. The van der Waals surface area contributed by atoms with Crippen molar-refractivity contribution in [3.05, 3.63) is 89.0 Å². The first-order valence-corrected chi connectivity index (χ1v) is 11.8. The SMILES string of the molecule is CCOc1ccc(C(=O)Nc2ccc(C)cc2C)cc1CN(C)S(=O)(=O)c1ccccc1. The lowest BCUT2D eigenvalue weighted by Crippen LogP contribution is -2.27. The van der Waals surface area contributed by atoms with Gasteiger partial charge in [-0.3, -0.25) is 4.79 Å². The molecule has 0 unspecified atom stereocenters. The zero-order valence-electron chi connectivity index (χ0n) is 18.8. The van der Waals surface area contributed by atoms with Crippen LogP contribution in [0.3, 0.4) is 0 Å². The van der Waals surface area contributed by atoms with Gasteiger partial charge in [0, 0.05) is 30.4 Å². The van der Waals surface area contributed by atoms with E-state index in [9.17, 15) is 13.2 Å². The molecule has 0 spiro atoms. The Bertz CT molecular complexity index is 1210. The minimum Gasteiger partial charge on any atom is -0.494 e. The minimum absolute atomic E-state index is 0.0667. The summed E-state index contributed by atoms with van der Waals surface area (Å²) in [6, 6.07) is 19.1. The second kappa shape index (κ2) is 9.97. The topological polar surface area (TPSA) is 75.7 Å². The van der Waals surface area contributed by atoms with Gasteiger partial charge in [0.2, 0.25) is 10.0 Å². The standard InChI is InChI=1S/C25H28N2O4S/c1-5-31-24-14-12-20(25(28)26-23-13-11-18(2)15-19(23)3)16-21(24)17-27(4)32(29,30)22-9-7-6-8-10-22/h6-16H,5,17H2,1-4H3,(H,26,28).